The van der Waals surface area contributed by atoms with E-state index in [-0.39, 0.29) is 0 Å². The van der Waals surface area contributed by atoms with Crippen LogP contribution in [0.25, 0.3) is 0 Å². The minimum atomic E-state index is -0.786. The Morgan fingerprint density at radius 2 is 2.20 bits per heavy atom. The fourth-order valence-electron chi connectivity index (χ4n) is 2.43. The lowest BCUT2D eigenvalue weighted by Crippen LogP contribution is -2.37. The molecule has 0 amide bonds. The molecular weight excluding hydrogens is 258 g/mol. The second-order valence-corrected chi connectivity index (χ2v) is 4.91. The van der Waals surface area contributed by atoms with Gasteiger partial charge >= 0.3 is 5.97 Å². The summed E-state index contributed by atoms with van der Waals surface area (Å²) in [5, 5.41) is 9.44. The van der Waals surface area contributed by atoms with E-state index in [9.17, 15) is 9.90 Å². The van der Waals surface area contributed by atoms with Crippen LogP contribution < -0.4 is 4.74 Å². The van der Waals surface area contributed by atoms with Crippen molar-refractivity contribution in [2.45, 2.75) is 12.3 Å². The van der Waals surface area contributed by atoms with Crippen LogP contribution in [0.3, 0.4) is 0 Å². The van der Waals surface area contributed by atoms with Gasteiger partial charge in [0.05, 0.1) is 26.2 Å². The Labute approximate surface area is 119 Å². The number of hydrogen-bond donors (Lipinski definition) is 1. The molecule has 0 unspecified atom stereocenters. The Hall–Kier alpha value is -1.59. The molecule has 1 aliphatic rings. The summed E-state index contributed by atoms with van der Waals surface area (Å²) < 4.78 is 10.5. The standard InChI is InChI=1S/C15H21NO4/c1-19-13-4-2-3-12(11-13)14(15(17)18)5-6-16-7-9-20-10-8-16/h2-4,11,14H,5-10H2,1H3,(H,17,18)/t14-/m0/s1. The molecule has 1 aliphatic heterocycles. The van der Waals surface area contributed by atoms with Gasteiger partial charge in [-0.25, -0.2) is 0 Å². The molecule has 1 fully saturated rings. The van der Waals surface area contributed by atoms with Gasteiger partial charge in [0.2, 0.25) is 0 Å². The fraction of sp³-hybridized carbons (Fsp3) is 0.533. The molecule has 0 spiro atoms. The highest BCUT2D eigenvalue weighted by Gasteiger charge is 2.22. The molecule has 1 N–H and O–H groups in total. The monoisotopic (exact) mass is 279 g/mol. The molecular formula is C15H21NO4. The van der Waals surface area contributed by atoms with E-state index >= 15 is 0 Å². The highest BCUT2D eigenvalue weighted by Crippen LogP contribution is 2.24. The van der Waals surface area contributed by atoms with Crippen LogP contribution in [0.15, 0.2) is 24.3 Å². The second kappa shape index (κ2) is 7.26. The molecule has 0 aliphatic carbocycles. The number of carbonyl (C=O) groups is 1. The molecule has 1 heterocycles. The number of nitrogens with zero attached hydrogens (tertiary/aromatic N) is 1. The molecule has 1 atom stereocenters. The van der Waals surface area contributed by atoms with Crippen molar-refractivity contribution in [2.24, 2.45) is 0 Å². The van der Waals surface area contributed by atoms with Crippen LogP contribution in [-0.4, -0.2) is 55.9 Å². The van der Waals surface area contributed by atoms with Crippen LogP contribution in [0.2, 0.25) is 0 Å². The largest absolute Gasteiger partial charge is 0.497 e. The number of hydrogen-bond acceptors (Lipinski definition) is 4. The van der Waals surface area contributed by atoms with E-state index in [2.05, 4.69) is 4.90 Å². The van der Waals surface area contributed by atoms with Crippen molar-refractivity contribution in [2.75, 3.05) is 40.0 Å². The Morgan fingerprint density at radius 1 is 1.45 bits per heavy atom. The number of benzene rings is 1. The highest BCUT2D eigenvalue weighted by molar-refractivity contribution is 5.76. The lowest BCUT2D eigenvalue weighted by Gasteiger charge is -2.27. The maximum absolute atomic E-state index is 11.5. The third kappa shape index (κ3) is 3.95. The molecule has 0 bridgehead atoms. The molecule has 0 radical (unpaired) electrons. The summed E-state index contributed by atoms with van der Waals surface area (Å²) in [7, 11) is 1.59. The average Bonchev–Trinajstić information content (AvgIpc) is 2.48. The number of ether oxygens (including phenoxy) is 2. The minimum Gasteiger partial charge on any atom is -0.497 e. The van der Waals surface area contributed by atoms with Crippen molar-refractivity contribution in [3.63, 3.8) is 0 Å². The van der Waals surface area contributed by atoms with Crippen molar-refractivity contribution in [3.8, 4) is 5.75 Å². The topological polar surface area (TPSA) is 59.0 Å². The predicted molar refractivity (Wildman–Crippen MR) is 75.2 cm³/mol. The number of rotatable bonds is 6. The molecule has 1 saturated heterocycles. The first kappa shape index (κ1) is 14.8. The molecule has 5 nitrogen and oxygen atoms in total. The summed E-state index contributed by atoms with van der Waals surface area (Å²) in [5.41, 5.74) is 0.796. The van der Waals surface area contributed by atoms with Crippen molar-refractivity contribution >= 4 is 5.97 Å². The summed E-state index contributed by atoms with van der Waals surface area (Å²) in [5.74, 6) is -0.584. The van der Waals surface area contributed by atoms with Gasteiger partial charge in [-0.3, -0.25) is 9.69 Å². The van der Waals surface area contributed by atoms with Crippen molar-refractivity contribution in [3.05, 3.63) is 29.8 Å². The van der Waals surface area contributed by atoms with E-state index < -0.39 is 11.9 Å². The molecule has 5 heteroatoms. The zero-order valence-electron chi connectivity index (χ0n) is 11.7. The van der Waals surface area contributed by atoms with Gasteiger partial charge in [0, 0.05) is 13.1 Å². The molecule has 1 aromatic carbocycles. The quantitative estimate of drug-likeness (QED) is 0.857. The van der Waals surface area contributed by atoms with Crippen LogP contribution >= 0.6 is 0 Å². The average molecular weight is 279 g/mol. The first-order chi connectivity index (χ1) is 9.70. The molecule has 20 heavy (non-hydrogen) atoms. The Kier molecular flexibility index (Phi) is 5.38. The normalized spacial score (nSPS) is 17.6. The lowest BCUT2D eigenvalue weighted by atomic mass is 9.95. The van der Waals surface area contributed by atoms with Gasteiger partial charge in [-0.05, 0) is 30.7 Å². The molecule has 110 valence electrons. The van der Waals surface area contributed by atoms with Crippen molar-refractivity contribution < 1.29 is 19.4 Å². The SMILES string of the molecule is COc1cccc([C@H](CCN2CCOCC2)C(=O)O)c1. The summed E-state index contributed by atoms with van der Waals surface area (Å²) in [6, 6.07) is 7.31. The van der Waals surface area contributed by atoms with Gasteiger partial charge in [0.25, 0.3) is 0 Å². The summed E-state index contributed by atoms with van der Waals surface area (Å²) in [6.45, 7) is 4.00. The molecule has 0 aromatic heterocycles. The van der Waals surface area contributed by atoms with Gasteiger partial charge in [-0.2, -0.15) is 0 Å². The van der Waals surface area contributed by atoms with E-state index in [1.54, 1.807) is 13.2 Å². The number of carboxylic acids is 1. The van der Waals surface area contributed by atoms with Gasteiger partial charge in [-0.1, -0.05) is 12.1 Å². The van der Waals surface area contributed by atoms with Crippen LogP contribution in [0, 0.1) is 0 Å². The Morgan fingerprint density at radius 3 is 2.85 bits per heavy atom. The molecule has 0 saturated carbocycles. The maximum Gasteiger partial charge on any atom is 0.311 e. The zero-order valence-corrected chi connectivity index (χ0v) is 11.7. The lowest BCUT2D eigenvalue weighted by molar-refractivity contribution is -0.139. The second-order valence-electron chi connectivity index (χ2n) is 4.91. The number of methoxy groups -OCH3 is 1. The van der Waals surface area contributed by atoms with E-state index in [1.807, 2.05) is 18.2 Å². The maximum atomic E-state index is 11.5. The Balaban J connectivity index is 2.00. The number of carboxylic acid groups (broad SMARTS) is 1. The van der Waals surface area contributed by atoms with E-state index in [1.165, 1.54) is 0 Å². The summed E-state index contributed by atoms with van der Waals surface area (Å²) in [6.07, 6.45) is 0.600. The fourth-order valence-corrected chi connectivity index (χ4v) is 2.43. The highest BCUT2D eigenvalue weighted by atomic mass is 16.5. The summed E-state index contributed by atoms with van der Waals surface area (Å²) in [4.78, 5) is 13.7. The molecule has 2 rings (SSSR count). The van der Waals surface area contributed by atoms with E-state index in [0.29, 0.717) is 12.2 Å². The third-order valence-electron chi connectivity index (χ3n) is 3.63. The van der Waals surface area contributed by atoms with Crippen LogP contribution in [0.4, 0.5) is 0 Å². The van der Waals surface area contributed by atoms with Crippen LogP contribution in [0.5, 0.6) is 5.75 Å². The number of aliphatic carboxylic acids is 1. The minimum absolute atomic E-state index is 0.493. The first-order valence-electron chi connectivity index (χ1n) is 6.87. The van der Waals surface area contributed by atoms with Crippen molar-refractivity contribution in [1.29, 1.82) is 0 Å². The van der Waals surface area contributed by atoms with Gasteiger partial charge < -0.3 is 14.6 Å². The van der Waals surface area contributed by atoms with Gasteiger partial charge in [-0.15, -0.1) is 0 Å². The third-order valence-corrected chi connectivity index (χ3v) is 3.63. The summed E-state index contributed by atoms with van der Waals surface area (Å²) >= 11 is 0. The van der Waals surface area contributed by atoms with Gasteiger partial charge in [0.15, 0.2) is 0 Å². The van der Waals surface area contributed by atoms with Crippen LogP contribution in [-0.2, 0) is 9.53 Å². The zero-order chi connectivity index (χ0) is 14.4. The van der Waals surface area contributed by atoms with Crippen molar-refractivity contribution in [1.82, 2.24) is 4.90 Å². The molecule has 1 aromatic rings. The Bertz CT molecular complexity index is 443. The predicted octanol–water partition coefficient (Wildman–Crippen LogP) is 1.59. The smallest absolute Gasteiger partial charge is 0.311 e. The van der Waals surface area contributed by atoms with Crippen LogP contribution in [0.1, 0.15) is 17.9 Å². The van der Waals surface area contributed by atoms with E-state index in [4.69, 9.17) is 9.47 Å². The first-order valence-corrected chi connectivity index (χ1v) is 6.87. The van der Waals surface area contributed by atoms with Gasteiger partial charge in [0.1, 0.15) is 5.75 Å². The number of morpholine rings is 1. The van der Waals surface area contributed by atoms with E-state index in [0.717, 1.165) is 38.4 Å².